The van der Waals surface area contributed by atoms with Crippen LogP contribution in [0.5, 0.6) is 0 Å². The van der Waals surface area contributed by atoms with Crippen LogP contribution in [0.1, 0.15) is 0 Å². The van der Waals surface area contributed by atoms with Gasteiger partial charge in [0.1, 0.15) is 0 Å². The predicted octanol–water partition coefficient (Wildman–Crippen LogP) is 6.13. The maximum Gasteiger partial charge on any atom is 0.169 e. The van der Waals surface area contributed by atoms with Crippen LogP contribution in [0.3, 0.4) is 0 Å². The minimum atomic E-state index is -1.66. The first-order chi connectivity index (χ1) is 12.2. The molecule has 0 N–H and O–H groups in total. The van der Waals surface area contributed by atoms with Gasteiger partial charge in [-0.3, -0.25) is 0 Å². The third-order valence-electron chi connectivity index (χ3n) is 3.69. The average Bonchev–Trinajstić information content (AvgIpc) is 2.60. The van der Waals surface area contributed by atoms with Crippen molar-refractivity contribution in [2.75, 3.05) is 0 Å². The predicted molar refractivity (Wildman–Crippen MR) is 77.0 cm³/mol. The highest BCUT2D eigenvalue weighted by atomic mass is 19.2. The van der Waals surface area contributed by atoms with Crippen LogP contribution >= 0.6 is 0 Å². The van der Waals surface area contributed by atoms with E-state index in [2.05, 4.69) is 0 Å². The summed E-state index contributed by atoms with van der Waals surface area (Å²) in [5.74, 6) is -13.2. The Morgan fingerprint density at radius 1 is 0.385 bits per heavy atom. The molecular weight excluding hydrogens is 368 g/mol. The largest absolute Gasteiger partial charge is 0.204 e. The Labute approximate surface area is 141 Å². The molecule has 0 saturated heterocycles. The number of hydrogen-bond acceptors (Lipinski definition) is 0. The summed E-state index contributed by atoms with van der Waals surface area (Å²) in [6, 6.07) is 3.66. The minimum absolute atomic E-state index is 0.0306. The van der Waals surface area contributed by atoms with Crippen LogP contribution in [0.2, 0.25) is 0 Å². The molecular formula is C18H6F8. The first kappa shape index (κ1) is 17.9. The number of rotatable bonds is 2. The van der Waals surface area contributed by atoms with Crippen molar-refractivity contribution in [1.29, 1.82) is 0 Å². The molecule has 134 valence electrons. The molecule has 0 bridgehead atoms. The first-order valence-electron chi connectivity index (χ1n) is 6.99. The van der Waals surface area contributed by atoms with Crippen molar-refractivity contribution in [2.24, 2.45) is 0 Å². The minimum Gasteiger partial charge on any atom is -0.204 e. The number of halogens is 8. The van der Waals surface area contributed by atoms with Crippen molar-refractivity contribution in [3.8, 4) is 22.3 Å². The summed E-state index contributed by atoms with van der Waals surface area (Å²) in [5.41, 5.74) is -2.75. The third kappa shape index (κ3) is 2.81. The summed E-state index contributed by atoms with van der Waals surface area (Å²) in [7, 11) is 0. The van der Waals surface area contributed by atoms with Gasteiger partial charge in [-0.05, 0) is 11.1 Å². The van der Waals surface area contributed by atoms with E-state index in [0.29, 0.717) is 0 Å². The fourth-order valence-corrected chi connectivity index (χ4v) is 2.46. The van der Waals surface area contributed by atoms with Gasteiger partial charge < -0.3 is 0 Å². The SMILES string of the molecule is Fc1cc(F)c(F)c(-c2ccc(-c3c(F)c(F)cc(F)c3F)cc2)c1F. The van der Waals surface area contributed by atoms with Gasteiger partial charge in [-0.15, -0.1) is 0 Å². The Kier molecular flexibility index (Phi) is 4.43. The summed E-state index contributed by atoms with van der Waals surface area (Å²) < 4.78 is 108. The fourth-order valence-electron chi connectivity index (χ4n) is 2.46. The first-order valence-corrected chi connectivity index (χ1v) is 6.99. The second-order valence-corrected chi connectivity index (χ2v) is 5.26. The second-order valence-electron chi connectivity index (χ2n) is 5.26. The quantitative estimate of drug-likeness (QED) is 0.374. The van der Waals surface area contributed by atoms with Gasteiger partial charge >= 0.3 is 0 Å². The molecule has 0 fully saturated rings. The van der Waals surface area contributed by atoms with Crippen LogP contribution < -0.4 is 0 Å². The summed E-state index contributed by atoms with van der Waals surface area (Å²) in [6.45, 7) is 0. The number of benzene rings is 3. The van der Waals surface area contributed by atoms with Crippen molar-refractivity contribution in [2.45, 2.75) is 0 Å². The lowest BCUT2D eigenvalue weighted by molar-refractivity contribution is 0.458. The Morgan fingerprint density at radius 2 is 0.615 bits per heavy atom. The van der Waals surface area contributed by atoms with E-state index >= 15 is 0 Å². The van der Waals surface area contributed by atoms with Crippen molar-refractivity contribution >= 4 is 0 Å². The molecule has 26 heavy (non-hydrogen) atoms. The molecule has 0 unspecified atom stereocenters. The highest BCUT2D eigenvalue weighted by Crippen LogP contribution is 2.33. The maximum atomic E-state index is 13.8. The normalized spacial score (nSPS) is 11.1. The van der Waals surface area contributed by atoms with E-state index < -0.39 is 57.7 Å². The van der Waals surface area contributed by atoms with Crippen LogP contribution in [-0.4, -0.2) is 0 Å². The van der Waals surface area contributed by atoms with Crippen LogP contribution in [0.25, 0.3) is 22.3 Å². The zero-order valence-corrected chi connectivity index (χ0v) is 12.5. The highest BCUT2D eigenvalue weighted by Gasteiger charge is 2.23. The van der Waals surface area contributed by atoms with Crippen LogP contribution in [0.4, 0.5) is 35.1 Å². The topological polar surface area (TPSA) is 0 Å². The van der Waals surface area contributed by atoms with Crippen LogP contribution in [-0.2, 0) is 0 Å². The molecule has 0 nitrogen and oxygen atoms in total. The van der Waals surface area contributed by atoms with Crippen LogP contribution in [0.15, 0.2) is 36.4 Å². The molecule has 3 aromatic carbocycles. The zero-order valence-electron chi connectivity index (χ0n) is 12.5. The van der Waals surface area contributed by atoms with Gasteiger partial charge in [-0.25, -0.2) is 35.1 Å². The van der Waals surface area contributed by atoms with Gasteiger partial charge in [0.25, 0.3) is 0 Å². The summed E-state index contributed by atoms with van der Waals surface area (Å²) in [5, 5.41) is 0. The Balaban J connectivity index is 2.16. The Bertz CT molecular complexity index is 874. The summed E-state index contributed by atoms with van der Waals surface area (Å²) in [6.07, 6.45) is 0. The Morgan fingerprint density at radius 3 is 0.846 bits per heavy atom. The molecule has 0 aliphatic carbocycles. The summed E-state index contributed by atoms with van der Waals surface area (Å²) in [4.78, 5) is 0. The van der Waals surface area contributed by atoms with E-state index in [1.54, 1.807) is 0 Å². The lowest BCUT2D eigenvalue weighted by Crippen LogP contribution is -2.00. The van der Waals surface area contributed by atoms with E-state index in [1.807, 2.05) is 0 Å². The lowest BCUT2D eigenvalue weighted by Gasteiger charge is -2.10. The molecule has 0 spiro atoms. The molecule has 0 heterocycles. The monoisotopic (exact) mass is 374 g/mol. The van der Waals surface area contributed by atoms with Gasteiger partial charge in [0.05, 0.1) is 11.1 Å². The molecule has 0 amide bonds. The number of hydrogen-bond donors (Lipinski definition) is 0. The Hall–Kier alpha value is -2.90. The third-order valence-corrected chi connectivity index (χ3v) is 3.69. The molecule has 0 saturated carbocycles. The van der Waals surface area contributed by atoms with Crippen molar-refractivity contribution < 1.29 is 35.1 Å². The van der Waals surface area contributed by atoms with E-state index in [9.17, 15) is 35.1 Å². The van der Waals surface area contributed by atoms with E-state index in [4.69, 9.17) is 0 Å². The van der Waals surface area contributed by atoms with Crippen LogP contribution in [0, 0.1) is 46.5 Å². The average molecular weight is 374 g/mol. The second kappa shape index (κ2) is 6.44. The molecule has 0 radical (unpaired) electrons. The molecule has 8 heteroatoms. The molecule has 0 atom stereocenters. The van der Waals surface area contributed by atoms with Gasteiger partial charge in [-0.1, -0.05) is 24.3 Å². The van der Waals surface area contributed by atoms with Crippen molar-refractivity contribution in [1.82, 2.24) is 0 Å². The zero-order chi connectivity index (χ0) is 19.2. The van der Waals surface area contributed by atoms with Crippen molar-refractivity contribution in [3.05, 3.63) is 82.9 Å². The van der Waals surface area contributed by atoms with E-state index in [0.717, 1.165) is 24.3 Å². The molecule has 0 aromatic heterocycles. The molecule has 3 rings (SSSR count). The van der Waals surface area contributed by atoms with E-state index in [-0.39, 0.29) is 23.3 Å². The van der Waals surface area contributed by atoms with Gasteiger partial charge in [0.2, 0.25) is 0 Å². The summed E-state index contributed by atoms with van der Waals surface area (Å²) >= 11 is 0. The standard InChI is InChI=1S/C18H6F8/c19-9-5-10(20)16(24)13(15(9)23)7-1-2-8(4-3-7)14-17(25)11(21)6-12(22)18(14)26/h1-6H. The van der Waals surface area contributed by atoms with Crippen molar-refractivity contribution in [3.63, 3.8) is 0 Å². The van der Waals surface area contributed by atoms with Gasteiger partial charge in [-0.2, -0.15) is 0 Å². The molecule has 0 aliphatic heterocycles. The molecule has 0 aliphatic rings. The fraction of sp³-hybridized carbons (Fsp3) is 0. The lowest BCUT2D eigenvalue weighted by atomic mass is 9.98. The van der Waals surface area contributed by atoms with E-state index in [1.165, 1.54) is 0 Å². The highest BCUT2D eigenvalue weighted by molar-refractivity contribution is 5.72. The van der Waals surface area contributed by atoms with Gasteiger partial charge in [0, 0.05) is 12.1 Å². The van der Waals surface area contributed by atoms with Gasteiger partial charge in [0.15, 0.2) is 46.5 Å². The molecule has 3 aromatic rings. The smallest absolute Gasteiger partial charge is 0.169 e. The maximum absolute atomic E-state index is 13.8.